The molecule has 1 saturated heterocycles. The fourth-order valence-corrected chi connectivity index (χ4v) is 6.53. The smallest absolute Gasteiger partial charge is 0.139 e. The molecule has 142 valence electrons. The molecule has 0 aromatic rings. The Kier molecular flexibility index (Phi) is 5.25. The molecule has 1 heterocycles. The predicted molar refractivity (Wildman–Crippen MR) is 103 cm³/mol. The van der Waals surface area contributed by atoms with Crippen LogP contribution in [-0.4, -0.2) is 30.5 Å². The van der Waals surface area contributed by atoms with Crippen molar-refractivity contribution in [2.45, 2.75) is 103 Å². The van der Waals surface area contributed by atoms with Crippen LogP contribution in [0.5, 0.6) is 0 Å². The van der Waals surface area contributed by atoms with E-state index in [1.54, 1.807) is 0 Å². The van der Waals surface area contributed by atoms with Crippen molar-refractivity contribution in [2.24, 2.45) is 23.2 Å². The molecule has 0 aromatic heterocycles. The highest BCUT2D eigenvalue weighted by atomic mass is 16.1. The Morgan fingerprint density at radius 2 is 1.72 bits per heavy atom. The van der Waals surface area contributed by atoms with Gasteiger partial charge in [-0.3, -0.25) is 4.79 Å². The lowest BCUT2D eigenvalue weighted by atomic mass is 9.60. The molecule has 5 atom stereocenters. The number of piperidine rings is 1. The van der Waals surface area contributed by atoms with Gasteiger partial charge in [-0.1, -0.05) is 46.0 Å². The van der Waals surface area contributed by atoms with E-state index in [1.807, 2.05) is 0 Å². The van der Waals surface area contributed by atoms with E-state index in [9.17, 15) is 4.79 Å². The standard InChI is InChI=1S/C22H38N2O/c1-22(2)12-18-20(19(25)13-22)21(16-10-6-7-11-17(16)24-18)23-14-15-8-4-3-5-9-15/h15-18,20-21,23-24H,3-14H2,1-2H3. The lowest BCUT2D eigenvalue weighted by Crippen LogP contribution is -2.68. The number of hydrogen-bond donors (Lipinski definition) is 2. The van der Waals surface area contributed by atoms with E-state index in [4.69, 9.17) is 0 Å². The van der Waals surface area contributed by atoms with Gasteiger partial charge in [-0.05, 0) is 55.9 Å². The SMILES string of the molecule is CC1(C)CC(=O)C2C(C1)NC1CCCCC1C2NCC1CCCCC1. The van der Waals surface area contributed by atoms with Crippen LogP contribution in [0.3, 0.4) is 0 Å². The van der Waals surface area contributed by atoms with Gasteiger partial charge in [0.2, 0.25) is 0 Å². The van der Waals surface area contributed by atoms with E-state index in [1.165, 1.54) is 57.8 Å². The maximum Gasteiger partial charge on any atom is 0.139 e. The summed E-state index contributed by atoms with van der Waals surface area (Å²) in [5.74, 6) is 2.26. The number of ketones is 1. The Morgan fingerprint density at radius 1 is 1.00 bits per heavy atom. The predicted octanol–water partition coefficient (Wildman–Crippen LogP) is 4.06. The quantitative estimate of drug-likeness (QED) is 0.810. The fourth-order valence-electron chi connectivity index (χ4n) is 6.53. The zero-order chi connectivity index (χ0) is 17.4. The molecular weight excluding hydrogens is 308 g/mol. The second kappa shape index (κ2) is 7.31. The molecule has 0 amide bonds. The van der Waals surface area contributed by atoms with E-state index in [2.05, 4.69) is 24.5 Å². The molecule has 2 N–H and O–H groups in total. The van der Waals surface area contributed by atoms with E-state index in [0.29, 0.717) is 29.8 Å². The van der Waals surface area contributed by atoms with Crippen LogP contribution in [0.2, 0.25) is 0 Å². The van der Waals surface area contributed by atoms with Crippen molar-refractivity contribution in [3.05, 3.63) is 0 Å². The van der Waals surface area contributed by atoms with Crippen LogP contribution in [-0.2, 0) is 4.79 Å². The summed E-state index contributed by atoms with van der Waals surface area (Å²) in [5.41, 5.74) is 0.167. The summed E-state index contributed by atoms with van der Waals surface area (Å²) in [4.78, 5) is 13.1. The molecular formula is C22H38N2O. The van der Waals surface area contributed by atoms with Crippen LogP contribution in [0.1, 0.15) is 84.5 Å². The second-order valence-corrected chi connectivity index (χ2v) is 10.3. The number of Topliss-reactive ketones (excluding diaryl/α,β-unsaturated/α-hetero) is 1. The number of fused-ring (bicyclic) bond motifs is 2. The first-order valence-electron chi connectivity index (χ1n) is 11.1. The van der Waals surface area contributed by atoms with Gasteiger partial charge in [0.15, 0.2) is 0 Å². The largest absolute Gasteiger partial charge is 0.313 e. The number of rotatable bonds is 3. The molecule has 3 aliphatic carbocycles. The Labute approximate surface area is 154 Å². The van der Waals surface area contributed by atoms with Crippen molar-refractivity contribution in [1.29, 1.82) is 0 Å². The van der Waals surface area contributed by atoms with Crippen LogP contribution in [0.4, 0.5) is 0 Å². The molecule has 3 nitrogen and oxygen atoms in total. The van der Waals surface area contributed by atoms with Crippen LogP contribution in [0, 0.1) is 23.2 Å². The summed E-state index contributed by atoms with van der Waals surface area (Å²) in [6, 6.07) is 1.47. The highest BCUT2D eigenvalue weighted by molar-refractivity contribution is 5.84. The Balaban J connectivity index is 1.50. The van der Waals surface area contributed by atoms with Gasteiger partial charge in [-0.15, -0.1) is 0 Å². The molecule has 0 bridgehead atoms. The van der Waals surface area contributed by atoms with Gasteiger partial charge in [0.1, 0.15) is 5.78 Å². The highest BCUT2D eigenvalue weighted by Gasteiger charge is 2.51. The van der Waals surface area contributed by atoms with Crippen LogP contribution in [0.15, 0.2) is 0 Å². The Bertz CT molecular complexity index is 482. The van der Waals surface area contributed by atoms with Gasteiger partial charge < -0.3 is 10.6 Å². The van der Waals surface area contributed by atoms with Crippen LogP contribution in [0.25, 0.3) is 0 Å². The monoisotopic (exact) mass is 346 g/mol. The van der Waals surface area contributed by atoms with Crippen molar-refractivity contribution in [3.8, 4) is 0 Å². The molecule has 4 rings (SSSR count). The average Bonchev–Trinajstić information content (AvgIpc) is 2.58. The Morgan fingerprint density at radius 3 is 2.52 bits per heavy atom. The van der Waals surface area contributed by atoms with Crippen molar-refractivity contribution in [1.82, 2.24) is 10.6 Å². The van der Waals surface area contributed by atoms with E-state index in [-0.39, 0.29) is 11.3 Å². The maximum atomic E-state index is 13.1. The number of carbonyl (C=O) groups excluding carboxylic acids is 1. The minimum atomic E-state index is 0.167. The molecule has 4 aliphatic rings. The number of hydrogen-bond acceptors (Lipinski definition) is 3. The van der Waals surface area contributed by atoms with Crippen LogP contribution >= 0.6 is 0 Å². The molecule has 3 saturated carbocycles. The van der Waals surface area contributed by atoms with Crippen LogP contribution < -0.4 is 10.6 Å². The normalized spacial score (nSPS) is 41.8. The Hall–Kier alpha value is -0.410. The van der Waals surface area contributed by atoms with Gasteiger partial charge in [0.05, 0.1) is 0 Å². The van der Waals surface area contributed by atoms with Crippen molar-refractivity contribution < 1.29 is 4.79 Å². The summed E-state index contributed by atoms with van der Waals surface area (Å²) in [6.45, 7) is 5.70. The molecule has 0 spiro atoms. The van der Waals surface area contributed by atoms with Gasteiger partial charge in [-0.25, -0.2) is 0 Å². The molecule has 25 heavy (non-hydrogen) atoms. The third-order valence-corrected chi connectivity index (χ3v) is 7.69. The average molecular weight is 347 g/mol. The molecule has 4 fully saturated rings. The van der Waals surface area contributed by atoms with Gasteiger partial charge in [0.25, 0.3) is 0 Å². The zero-order valence-corrected chi connectivity index (χ0v) is 16.4. The van der Waals surface area contributed by atoms with Gasteiger partial charge in [-0.2, -0.15) is 0 Å². The van der Waals surface area contributed by atoms with E-state index in [0.717, 1.165) is 25.3 Å². The number of carbonyl (C=O) groups is 1. The minimum Gasteiger partial charge on any atom is -0.313 e. The lowest BCUT2D eigenvalue weighted by Gasteiger charge is -2.54. The third-order valence-electron chi connectivity index (χ3n) is 7.69. The second-order valence-electron chi connectivity index (χ2n) is 10.3. The van der Waals surface area contributed by atoms with Gasteiger partial charge in [0, 0.05) is 30.5 Å². The lowest BCUT2D eigenvalue weighted by molar-refractivity contribution is -0.134. The maximum absolute atomic E-state index is 13.1. The third kappa shape index (κ3) is 3.83. The fraction of sp³-hybridized carbons (Fsp3) is 0.955. The van der Waals surface area contributed by atoms with Crippen molar-refractivity contribution in [3.63, 3.8) is 0 Å². The summed E-state index contributed by atoms with van der Waals surface area (Å²) in [5, 5.41) is 7.94. The molecule has 0 aromatic carbocycles. The first-order valence-corrected chi connectivity index (χ1v) is 11.1. The summed E-state index contributed by atoms with van der Waals surface area (Å²) in [6.07, 6.45) is 14.3. The first kappa shape index (κ1) is 18.0. The highest BCUT2D eigenvalue weighted by Crippen LogP contribution is 2.44. The summed E-state index contributed by atoms with van der Waals surface area (Å²) < 4.78 is 0. The van der Waals surface area contributed by atoms with Gasteiger partial charge >= 0.3 is 0 Å². The zero-order valence-electron chi connectivity index (χ0n) is 16.4. The molecule has 5 unspecified atom stereocenters. The topological polar surface area (TPSA) is 41.1 Å². The van der Waals surface area contributed by atoms with E-state index < -0.39 is 0 Å². The number of nitrogens with one attached hydrogen (secondary N) is 2. The van der Waals surface area contributed by atoms with Crippen molar-refractivity contribution >= 4 is 5.78 Å². The van der Waals surface area contributed by atoms with Crippen molar-refractivity contribution in [2.75, 3.05) is 6.54 Å². The minimum absolute atomic E-state index is 0.167. The molecule has 3 heteroatoms. The summed E-state index contributed by atoms with van der Waals surface area (Å²) in [7, 11) is 0. The first-order chi connectivity index (χ1) is 12.0. The molecule has 1 aliphatic heterocycles. The summed E-state index contributed by atoms with van der Waals surface area (Å²) >= 11 is 0. The van der Waals surface area contributed by atoms with E-state index >= 15 is 0 Å². The molecule has 0 radical (unpaired) electrons.